The van der Waals surface area contributed by atoms with Crippen molar-refractivity contribution in [3.8, 4) is 5.75 Å². The second-order valence-corrected chi connectivity index (χ2v) is 3.99. The first-order valence-electron chi connectivity index (χ1n) is 6.65. The number of carbonyl (C=O) groups is 1. The van der Waals surface area contributed by atoms with Crippen LogP contribution in [0.15, 0.2) is 24.3 Å². The summed E-state index contributed by atoms with van der Waals surface area (Å²) >= 11 is 0. The highest BCUT2D eigenvalue weighted by Crippen LogP contribution is 2.19. The van der Waals surface area contributed by atoms with Crippen molar-refractivity contribution in [1.29, 1.82) is 0 Å². The van der Waals surface area contributed by atoms with Crippen molar-refractivity contribution in [2.75, 3.05) is 6.61 Å². The van der Waals surface area contributed by atoms with E-state index in [-0.39, 0.29) is 12.1 Å². The van der Waals surface area contributed by atoms with E-state index >= 15 is 0 Å². The van der Waals surface area contributed by atoms with Gasteiger partial charge in [-0.3, -0.25) is 4.79 Å². The number of ether oxygens (including phenoxy) is 2. The summed E-state index contributed by atoms with van der Waals surface area (Å²) in [5.41, 5.74) is 0.705. The molecule has 1 saturated heterocycles. The molecule has 0 bridgehead atoms. The van der Waals surface area contributed by atoms with Crippen LogP contribution in [0.2, 0.25) is 0 Å². The SMILES string of the molecule is CC.CC(=O)c1ccc(OC2CCCCO2)cc1. The Morgan fingerprint density at radius 3 is 2.39 bits per heavy atom. The van der Waals surface area contributed by atoms with Crippen LogP contribution in [-0.4, -0.2) is 18.7 Å². The zero-order valence-electron chi connectivity index (χ0n) is 11.4. The minimum atomic E-state index is -0.128. The molecule has 3 heteroatoms. The van der Waals surface area contributed by atoms with E-state index in [4.69, 9.17) is 9.47 Å². The van der Waals surface area contributed by atoms with Crippen molar-refractivity contribution in [2.45, 2.75) is 46.3 Å². The first kappa shape index (κ1) is 14.7. The molecule has 1 heterocycles. The lowest BCUT2D eigenvalue weighted by Gasteiger charge is -2.23. The molecule has 1 aromatic carbocycles. The molecule has 3 nitrogen and oxygen atoms in total. The summed E-state index contributed by atoms with van der Waals surface area (Å²) in [6.45, 7) is 6.33. The maximum absolute atomic E-state index is 11.1. The predicted octanol–water partition coefficient (Wildman–Crippen LogP) is 3.82. The Morgan fingerprint density at radius 2 is 1.89 bits per heavy atom. The summed E-state index contributed by atoms with van der Waals surface area (Å²) in [5, 5.41) is 0. The summed E-state index contributed by atoms with van der Waals surface area (Å²) in [7, 11) is 0. The molecule has 1 aliphatic heterocycles. The second kappa shape index (κ2) is 7.88. The number of hydrogen-bond acceptors (Lipinski definition) is 3. The lowest BCUT2D eigenvalue weighted by molar-refractivity contribution is -0.105. The molecule has 18 heavy (non-hydrogen) atoms. The summed E-state index contributed by atoms with van der Waals surface area (Å²) in [4.78, 5) is 11.1. The summed E-state index contributed by atoms with van der Waals surface area (Å²) in [6, 6.07) is 7.18. The van der Waals surface area contributed by atoms with Crippen molar-refractivity contribution in [3.05, 3.63) is 29.8 Å². The Labute approximate surface area is 109 Å². The van der Waals surface area contributed by atoms with Gasteiger partial charge in [-0.1, -0.05) is 13.8 Å². The molecule has 0 spiro atoms. The largest absolute Gasteiger partial charge is 0.465 e. The third-order valence-electron chi connectivity index (χ3n) is 2.67. The van der Waals surface area contributed by atoms with Gasteiger partial charge in [-0.05, 0) is 44.0 Å². The monoisotopic (exact) mass is 250 g/mol. The van der Waals surface area contributed by atoms with Gasteiger partial charge in [0.2, 0.25) is 0 Å². The number of ketones is 1. The lowest BCUT2D eigenvalue weighted by atomic mass is 10.1. The van der Waals surface area contributed by atoms with E-state index in [0.717, 1.165) is 31.6 Å². The molecule has 1 aromatic rings. The van der Waals surface area contributed by atoms with Gasteiger partial charge in [0.15, 0.2) is 12.1 Å². The van der Waals surface area contributed by atoms with E-state index in [1.807, 2.05) is 26.0 Å². The van der Waals surface area contributed by atoms with E-state index in [0.29, 0.717) is 5.56 Å². The van der Waals surface area contributed by atoms with E-state index in [2.05, 4.69) is 0 Å². The van der Waals surface area contributed by atoms with Crippen LogP contribution in [0.1, 0.15) is 50.4 Å². The second-order valence-electron chi connectivity index (χ2n) is 3.99. The standard InChI is InChI=1S/C13H16O3.C2H6/c1-10(14)11-5-7-12(8-6-11)16-13-4-2-3-9-15-13;1-2/h5-8,13H,2-4,9H2,1H3;1-2H3. The van der Waals surface area contributed by atoms with Gasteiger partial charge in [-0.25, -0.2) is 0 Å². The van der Waals surface area contributed by atoms with Crippen LogP contribution in [0.25, 0.3) is 0 Å². The fourth-order valence-electron chi connectivity index (χ4n) is 1.72. The van der Waals surface area contributed by atoms with E-state index < -0.39 is 0 Å². The molecular weight excluding hydrogens is 228 g/mol. The van der Waals surface area contributed by atoms with Gasteiger partial charge in [0, 0.05) is 12.0 Å². The van der Waals surface area contributed by atoms with Crippen molar-refractivity contribution < 1.29 is 14.3 Å². The Hall–Kier alpha value is -1.35. The van der Waals surface area contributed by atoms with Crippen LogP contribution in [-0.2, 0) is 4.74 Å². The number of carbonyl (C=O) groups excluding carboxylic acids is 1. The molecule has 100 valence electrons. The fourth-order valence-corrected chi connectivity index (χ4v) is 1.72. The maximum atomic E-state index is 11.1. The smallest absolute Gasteiger partial charge is 0.199 e. The van der Waals surface area contributed by atoms with Gasteiger partial charge in [-0.2, -0.15) is 0 Å². The topological polar surface area (TPSA) is 35.5 Å². The maximum Gasteiger partial charge on any atom is 0.199 e. The summed E-state index contributed by atoms with van der Waals surface area (Å²) in [5.74, 6) is 0.831. The first-order valence-corrected chi connectivity index (χ1v) is 6.65. The minimum absolute atomic E-state index is 0.0699. The molecule has 1 unspecified atom stereocenters. The van der Waals surface area contributed by atoms with E-state index in [1.165, 1.54) is 0 Å². The third kappa shape index (κ3) is 4.49. The number of benzene rings is 1. The van der Waals surface area contributed by atoms with Crippen LogP contribution in [0, 0.1) is 0 Å². The van der Waals surface area contributed by atoms with Crippen LogP contribution in [0.3, 0.4) is 0 Å². The average molecular weight is 250 g/mol. The molecular formula is C15H22O3. The highest BCUT2D eigenvalue weighted by atomic mass is 16.7. The zero-order chi connectivity index (χ0) is 13.4. The number of rotatable bonds is 3. The van der Waals surface area contributed by atoms with E-state index in [9.17, 15) is 4.79 Å². The quantitative estimate of drug-likeness (QED) is 0.765. The molecule has 2 rings (SSSR count). The molecule has 0 saturated carbocycles. The predicted molar refractivity (Wildman–Crippen MR) is 72.0 cm³/mol. The van der Waals surface area contributed by atoms with E-state index in [1.54, 1.807) is 19.1 Å². The lowest BCUT2D eigenvalue weighted by Crippen LogP contribution is -2.24. The zero-order valence-corrected chi connectivity index (χ0v) is 11.4. The Bertz CT molecular complexity index is 351. The number of hydrogen-bond donors (Lipinski definition) is 0. The Kier molecular flexibility index (Phi) is 6.44. The van der Waals surface area contributed by atoms with Crippen molar-refractivity contribution >= 4 is 5.78 Å². The molecule has 0 aromatic heterocycles. The van der Waals surface area contributed by atoms with Gasteiger partial charge in [0.1, 0.15) is 5.75 Å². The van der Waals surface area contributed by atoms with Gasteiger partial charge in [0.25, 0.3) is 0 Å². The molecule has 0 aliphatic carbocycles. The van der Waals surface area contributed by atoms with Gasteiger partial charge in [0.05, 0.1) is 6.61 Å². The van der Waals surface area contributed by atoms with Crippen LogP contribution in [0.5, 0.6) is 5.75 Å². The highest BCUT2D eigenvalue weighted by molar-refractivity contribution is 5.94. The molecule has 1 aliphatic rings. The van der Waals surface area contributed by atoms with Gasteiger partial charge >= 0.3 is 0 Å². The van der Waals surface area contributed by atoms with Gasteiger partial charge < -0.3 is 9.47 Å². The van der Waals surface area contributed by atoms with Crippen LogP contribution >= 0.6 is 0 Å². The molecule has 1 atom stereocenters. The molecule has 0 amide bonds. The van der Waals surface area contributed by atoms with Crippen LogP contribution in [0.4, 0.5) is 0 Å². The van der Waals surface area contributed by atoms with Crippen LogP contribution < -0.4 is 4.74 Å². The normalized spacial score (nSPS) is 18.5. The highest BCUT2D eigenvalue weighted by Gasteiger charge is 2.14. The van der Waals surface area contributed by atoms with Crippen molar-refractivity contribution in [1.82, 2.24) is 0 Å². The molecule has 1 fully saturated rings. The summed E-state index contributed by atoms with van der Waals surface area (Å²) < 4.78 is 11.1. The summed E-state index contributed by atoms with van der Waals surface area (Å²) in [6.07, 6.45) is 3.07. The first-order chi connectivity index (χ1) is 8.75. The minimum Gasteiger partial charge on any atom is -0.465 e. The third-order valence-corrected chi connectivity index (χ3v) is 2.67. The Balaban J connectivity index is 0.000000771. The molecule has 0 radical (unpaired) electrons. The van der Waals surface area contributed by atoms with Gasteiger partial charge in [-0.15, -0.1) is 0 Å². The Morgan fingerprint density at radius 1 is 1.22 bits per heavy atom. The van der Waals surface area contributed by atoms with Crippen molar-refractivity contribution in [2.24, 2.45) is 0 Å². The fraction of sp³-hybridized carbons (Fsp3) is 0.533. The number of Topliss-reactive ketones (excluding diaryl/α,β-unsaturated/α-hetero) is 1. The molecule has 0 N–H and O–H groups in total. The average Bonchev–Trinajstić information content (AvgIpc) is 2.43. The van der Waals surface area contributed by atoms with Crippen molar-refractivity contribution in [3.63, 3.8) is 0 Å².